The van der Waals surface area contributed by atoms with E-state index in [0.717, 1.165) is 35.9 Å². The molecule has 1 aromatic carbocycles. The van der Waals surface area contributed by atoms with E-state index >= 15 is 0 Å². The first-order valence-electron chi connectivity index (χ1n) is 7.08. The molecule has 2 heterocycles. The fraction of sp³-hybridized carbons (Fsp3) is 0.375. The second kappa shape index (κ2) is 5.91. The Balaban J connectivity index is 1.95. The van der Waals surface area contributed by atoms with Crippen molar-refractivity contribution in [2.75, 3.05) is 0 Å². The molecule has 0 saturated heterocycles. The monoisotopic (exact) mass is 321 g/mol. The van der Waals surface area contributed by atoms with E-state index in [4.69, 9.17) is 33.2 Å². The summed E-state index contributed by atoms with van der Waals surface area (Å²) in [5.74, 6) is 1.24. The third kappa shape index (κ3) is 3.05. The van der Waals surface area contributed by atoms with Crippen LogP contribution in [0.4, 0.5) is 0 Å². The Morgan fingerprint density at radius 1 is 1.14 bits per heavy atom. The van der Waals surface area contributed by atoms with Crippen LogP contribution in [0, 0.1) is 0 Å². The topological polar surface area (TPSA) is 37.8 Å². The maximum Gasteiger partial charge on any atom is 0.133 e. The second-order valence-corrected chi connectivity index (χ2v) is 6.45. The van der Waals surface area contributed by atoms with Crippen LogP contribution in [0.3, 0.4) is 0 Å². The zero-order valence-corrected chi connectivity index (χ0v) is 13.6. The van der Waals surface area contributed by atoms with E-state index in [0.29, 0.717) is 22.4 Å². The predicted molar refractivity (Wildman–Crippen MR) is 85.9 cm³/mol. The summed E-state index contributed by atoms with van der Waals surface area (Å²) in [5.41, 5.74) is 4.62. The first-order valence-corrected chi connectivity index (χ1v) is 7.83. The van der Waals surface area contributed by atoms with Gasteiger partial charge in [0.05, 0.1) is 21.4 Å². The summed E-state index contributed by atoms with van der Waals surface area (Å²) in [7, 11) is 0. The molecule has 2 aromatic rings. The molecule has 1 aromatic heterocycles. The van der Waals surface area contributed by atoms with Crippen LogP contribution in [0.15, 0.2) is 18.2 Å². The molecular formula is C16H17Cl2N3. The molecule has 3 nitrogen and oxygen atoms in total. The Morgan fingerprint density at radius 2 is 1.95 bits per heavy atom. The van der Waals surface area contributed by atoms with Gasteiger partial charge < -0.3 is 5.32 Å². The number of rotatable bonds is 3. The number of benzene rings is 1. The van der Waals surface area contributed by atoms with Crippen molar-refractivity contribution in [3.63, 3.8) is 0 Å². The van der Waals surface area contributed by atoms with Crippen LogP contribution >= 0.6 is 23.2 Å². The van der Waals surface area contributed by atoms with Crippen LogP contribution in [-0.4, -0.2) is 9.97 Å². The molecule has 0 aliphatic carbocycles. The molecule has 0 saturated carbocycles. The maximum atomic E-state index is 6.07. The Bertz CT molecular complexity index is 683. The van der Waals surface area contributed by atoms with E-state index in [1.807, 2.05) is 18.2 Å². The van der Waals surface area contributed by atoms with Crippen molar-refractivity contribution in [2.24, 2.45) is 0 Å². The lowest BCUT2D eigenvalue weighted by atomic mass is 10.0. The van der Waals surface area contributed by atoms with Gasteiger partial charge in [-0.1, -0.05) is 43.1 Å². The van der Waals surface area contributed by atoms with E-state index in [9.17, 15) is 0 Å². The highest BCUT2D eigenvalue weighted by Gasteiger charge is 2.20. The number of aromatic nitrogens is 2. The van der Waals surface area contributed by atoms with E-state index in [1.54, 1.807) is 0 Å². The molecular weight excluding hydrogens is 305 g/mol. The van der Waals surface area contributed by atoms with Gasteiger partial charge in [-0.15, -0.1) is 0 Å². The predicted octanol–water partition coefficient (Wildman–Crippen LogP) is 4.10. The highest BCUT2D eigenvalue weighted by Crippen LogP contribution is 2.26. The molecule has 1 aliphatic rings. The van der Waals surface area contributed by atoms with Gasteiger partial charge in [-0.05, 0) is 23.6 Å². The summed E-state index contributed by atoms with van der Waals surface area (Å²) in [5, 5.41) is 4.49. The zero-order chi connectivity index (χ0) is 15.0. The second-order valence-electron chi connectivity index (χ2n) is 5.63. The average Bonchev–Trinajstić information content (AvgIpc) is 2.90. The molecule has 110 valence electrons. The summed E-state index contributed by atoms with van der Waals surface area (Å²) in [6.07, 6.45) is 0.671. The minimum Gasteiger partial charge on any atom is -0.307 e. The van der Waals surface area contributed by atoms with Gasteiger partial charge in [0, 0.05) is 25.1 Å². The van der Waals surface area contributed by atoms with Crippen molar-refractivity contribution in [1.29, 1.82) is 0 Å². The van der Waals surface area contributed by atoms with Gasteiger partial charge in [0.2, 0.25) is 0 Å². The van der Waals surface area contributed by atoms with Gasteiger partial charge in [-0.3, -0.25) is 0 Å². The average molecular weight is 322 g/mol. The van der Waals surface area contributed by atoms with Crippen molar-refractivity contribution in [1.82, 2.24) is 15.3 Å². The lowest BCUT2D eigenvalue weighted by Gasteiger charge is -2.12. The van der Waals surface area contributed by atoms with Crippen LogP contribution < -0.4 is 5.32 Å². The van der Waals surface area contributed by atoms with Gasteiger partial charge in [-0.2, -0.15) is 0 Å². The van der Waals surface area contributed by atoms with Crippen molar-refractivity contribution in [2.45, 2.75) is 39.3 Å². The van der Waals surface area contributed by atoms with E-state index in [2.05, 4.69) is 19.2 Å². The SMILES string of the molecule is CC(C)c1nc(Cc2ccc(Cl)c(Cl)c2)nc2c1CNC2. The molecule has 1 aliphatic heterocycles. The summed E-state index contributed by atoms with van der Waals surface area (Å²) in [6, 6.07) is 5.67. The molecule has 5 heteroatoms. The first kappa shape index (κ1) is 14.8. The largest absolute Gasteiger partial charge is 0.307 e. The Hall–Kier alpha value is -1.16. The normalized spacial score (nSPS) is 13.8. The zero-order valence-electron chi connectivity index (χ0n) is 12.1. The maximum absolute atomic E-state index is 6.07. The van der Waals surface area contributed by atoms with Gasteiger partial charge >= 0.3 is 0 Å². The van der Waals surface area contributed by atoms with Gasteiger partial charge in [0.25, 0.3) is 0 Å². The van der Waals surface area contributed by atoms with Crippen LogP contribution in [0.1, 0.15) is 48.1 Å². The Labute approximate surface area is 134 Å². The molecule has 0 spiro atoms. The van der Waals surface area contributed by atoms with Crippen LogP contribution in [0.25, 0.3) is 0 Å². The number of fused-ring (bicyclic) bond motifs is 1. The highest BCUT2D eigenvalue weighted by molar-refractivity contribution is 6.42. The van der Waals surface area contributed by atoms with Gasteiger partial charge in [-0.25, -0.2) is 9.97 Å². The number of nitrogens with one attached hydrogen (secondary N) is 1. The third-order valence-electron chi connectivity index (χ3n) is 3.66. The smallest absolute Gasteiger partial charge is 0.133 e. The molecule has 1 N–H and O–H groups in total. The number of halogens is 2. The molecule has 0 amide bonds. The molecule has 3 rings (SSSR count). The van der Waals surface area contributed by atoms with Crippen LogP contribution in [-0.2, 0) is 19.5 Å². The molecule has 21 heavy (non-hydrogen) atoms. The van der Waals surface area contributed by atoms with Crippen LogP contribution in [0.2, 0.25) is 10.0 Å². The summed E-state index contributed by atoms with van der Waals surface area (Å²) in [4.78, 5) is 9.46. The molecule has 0 fully saturated rings. The minimum atomic E-state index is 0.397. The standard InChI is InChI=1S/C16H17Cl2N3/c1-9(2)16-11-7-19-8-14(11)20-15(21-16)6-10-3-4-12(17)13(18)5-10/h3-5,9,19H,6-8H2,1-2H3. The van der Waals surface area contributed by atoms with Crippen molar-refractivity contribution in [3.8, 4) is 0 Å². The number of hydrogen-bond acceptors (Lipinski definition) is 3. The third-order valence-corrected chi connectivity index (χ3v) is 4.40. The van der Waals surface area contributed by atoms with Crippen LogP contribution in [0.5, 0.6) is 0 Å². The first-order chi connectivity index (χ1) is 10.0. The van der Waals surface area contributed by atoms with Gasteiger partial charge in [0.1, 0.15) is 5.82 Å². The molecule has 0 atom stereocenters. The molecule has 0 unspecified atom stereocenters. The summed E-state index contributed by atoms with van der Waals surface area (Å²) in [6.45, 7) is 6.04. The summed E-state index contributed by atoms with van der Waals surface area (Å²) >= 11 is 12.0. The Morgan fingerprint density at radius 3 is 2.67 bits per heavy atom. The fourth-order valence-corrected chi connectivity index (χ4v) is 2.96. The van der Waals surface area contributed by atoms with Crippen molar-refractivity contribution < 1.29 is 0 Å². The van der Waals surface area contributed by atoms with E-state index in [1.165, 1.54) is 5.56 Å². The van der Waals surface area contributed by atoms with E-state index < -0.39 is 0 Å². The fourth-order valence-electron chi connectivity index (χ4n) is 2.64. The number of nitrogens with zero attached hydrogens (tertiary/aromatic N) is 2. The van der Waals surface area contributed by atoms with E-state index in [-0.39, 0.29) is 0 Å². The highest BCUT2D eigenvalue weighted by atomic mass is 35.5. The quantitative estimate of drug-likeness (QED) is 0.924. The Kier molecular flexibility index (Phi) is 4.16. The number of hydrogen-bond donors (Lipinski definition) is 1. The lowest BCUT2D eigenvalue weighted by molar-refractivity contribution is 0.745. The summed E-state index contributed by atoms with van der Waals surface area (Å²) < 4.78 is 0. The lowest BCUT2D eigenvalue weighted by Crippen LogP contribution is -2.08. The van der Waals surface area contributed by atoms with Gasteiger partial charge in [0.15, 0.2) is 0 Å². The molecule has 0 radical (unpaired) electrons. The molecule has 0 bridgehead atoms. The van der Waals surface area contributed by atoms with Crippen molar-refractivity contribution >= 4 is 23.2 Å². The minimum absolute atomic E-state index is 0.397. The van der Waals surface area contributed by atoms with Crippen molar-refractivity contribution in [3.05, 3.63) is 56.6 Å².